The maximum atomic E-state index is 15.3. The summed E-state index contributed by atoms with van der Waals surface area (Å²) in [5, 5.41) is 140. The van der Waals surface area contributed by atoms with Gasteiger partial charge in [-0.1, -0.05) is 53.2 Å². The summed E-state index contributed by atoms with van der Waals surface area (Å²) < 4.78 is 48.6. The van der Waals surface area contributed by atoms with Gasteiger partial charge in [0.2, 0.25) is 6.29 Å². The first-order valence-corrected chi connectivity index (χ1v) is 27.7. The topological polar surface area (TPSA) is 354 Å². The number of hydrogen-bond donors (Lipinski definition) is 13. The molecule has 0 spiro atoms. The van der Waals surface area contributed by atoms with E-state index in [2.05, 4.69) is 40.7 Å². The second-order valence-corrected chi connectivity index (χ2v) is 26.1. The lowest BCUT2D eigenvalue weighted by Gasteiger charge is -2.71. The molecular weight excluding hydrogens is 1000 g/mol. The van der Waals surface area contributed by atoms with E-state index in [1.54, 1.807) is 6.92 Å². The van der Waals surface area contributed by atoms with Crippen LogP contribution in [-0.4, -0.2) is 221 Å². The van der Waals surface area contributed by atoms with Crippen molar-refractivity contribution < 1.29 is 109 Å². The number of fused-ring (bicyclic) bond motifs is 7. The Labute approximate surface area is 444 Å². The third kappa shape index (κ3) is 9.38. The van der Waals surface area contributed by atoms with Gasteiger partial charge in [-0.05, 0) is 117 Å². The van der Waals surface area contributed by atoms with Crippen LogP contribution in [0.1, 0.15) is 120 Å². The number of aliphatic hydroxyl groups excluding tert-OH is 13. The van der Waals surface area contributed by atoms with Crippen LogP contribution in [0, 0.1) is 50.2 Å². The van der Waals surface area contributed by atoms with Gasteiger partial charge in [-0.3, -0.25) is 4.79 Å². The van der Waals surface area contributed by atoms with Gasteiger partial charge in [-0.15, -0.1) is 0 Å². The van der Waals surface area contributed by atoms with Crippen molar-refractivity contribution in [1.82, 2.24) is 0 Å². The molecule has 0 amide bonds. The van der Waals surface area contributed by atoms with Crippen molar-refractivity contribution in [1.29, 1.82) is 0 Å². The highest BCUT2D eigenvalue weighted by molar-refractivity contribution is 5.79. The molecule has 29 atom stereocenters. The minimum absolute atomic E-state index is 0.0613. The summed E-state index contributed by atoms with van der Waals surface area (Å²) >= 11 is 0. The Morgan fingerprint density at radius 1 is 0.566 bits per heavy atom. The standard InChI is InChI=1S/C54H88O22/c1-23-32(58)36(62)40(66)44(69-23)74-42-38(64)33(59)24(2)70-46(42)73-31-12-13-50(5)29(51(31,6)22-57)11-14-53(8)30(50)10-9-25-26-19-49(3,4)15-17-54(26,18-16-52(25,53)7)48(68)76-47-43(39(65)35(61)28(21-56)72-47)75-45-41(67)37(63)34(60)27(20-55)71-45/h9,23-24,26-47,55-67H,10-22H2,1-8H3/t23-,24-,26?,27+,28+,29?,30?,31?,32+,33-,34+,35+,36+,37-,38+,39-,40+,41+,42+,43+,44-,45-,46-,47-,50?,51?,52?,53?,54?/m0/s1. The van der Waals surface area contributed by atoms with E-state index in [4.69, 9.17) is 37.9 Å². The smallest absolute Gasteiger partial charge is 0.315 e. The fraction of sp³-hybridized carbons (Fsp3) is 0.944. The van der Waals surface area contributed by atoms with Gasteiger partial charge in [-0.2, -0.15) is 0 Å². The van der Waals surface area contributed by atoms with Crippen molar-refractivity contribution in [2.24, 2.45) is 50.2 Å². The number of aliphatic hydroxyl groups is 13. The Morgan fingerprint density at radius 2 is 1.09 bits per heavy atom. The van der Waals surface area contributed by atoms with Gasteiger partial charge in [0, 0.05) is 5.41 Å². The maximum Gasteiger partial charge on any atom is 0.315 e. The van der Waals surface area contributed by atoms with Gasteiger partial charge in [0.1, 0.15) is 79.4 Å². The van der Waals surface area contributed by atoms with Crippen LogP contribution in [-0.2, 0) is 42.7 Å². The molecule has 4 saturated carbocycles. The van der Waals surface area contributed by atoms with Crippen LogP contribution in [0.25, 0.3) is 0 Å². The second-order valence-electron chi connectivity index (χ2n) is 26.1. The van der Waals surface area contributed by atoms with Crippen molar-refractivity contribution in [3.8, 4) is 0 Å². The molecule has 22 nitrogen and oxygen atoms in total. The Bertz CT molecular complexity index is 2100. The summed E-state index contributed by atoms with van der Waals surface area (Å²) in [4.78, 5) is 15.3. The Kier molecular flexibility index (Phi) is 16.6. The third-order valence-corrected chi connectivity index (χ3v) is 21.5. The van der Waals surface area contributed by atoms with E-state index in [-0.39, 0.29) is 40.6 Å². The molecule has 9 unspecified atom stereocenters. The minimum Gasteiger partial charge on any atom is -0.432 e. The number of hydrogen-bond acceptors (Lipinski definition) is 22. The first-order valence-electron chi connectivity index (χ1n) is 27.7. The van der Waals surface area contributed by atoms with Gasteiger partial charge in [-0.25, -0.2) is 0 Å². The molecule has 4 aliphatic heterocycles. The normalized spacial score (nSPS) is 55.2. The second kappa shape index (κ2) is 21.3. The number of carbonyl (C=O) groups is 1. The van der Waals surface area contributed by atoms with E-state index in [9.17, 15) is 66.4 Å². The van der Waals surface area contributed by atoms with E-state index >= 15 is 4.79 Å². The lowest BCUT2D eigenvalue weighted by molar-refractivity contribution is -0.374. The quantitative estimate of drug-likeness (QED) is 0.0670. The maximum absolute atomic E-state index is 15.3. The molecule has 0 aromatic heterocycles. The van der Waals surface area contributed by atoms with Gasteiger partial charge in [0.25, 0.3) is 0 Å². The van der Waals surface area contributed by atoms with E-state index in [1.807, 2.05) is 6.92 Å². The average Bonchev–Trinajstić information content (AvgIpc) is 3.56. The Hall–Kier alpha value is -1.59. The van der Waals surface area contributed by atoms with Crippen LogP contribution in [0.15, 0.2) is 11.6 Å². The summed E-state index contributed by atoms with van der Waals surface area (Å²) in [6, 6.07) is 0. The zero-order valence-electron chi connectivity index (χ0n) is 45.1. The van der Waals surface area contributed by atoms with Gasteiger partial charge < -0.3 is 104 Å². The van der Waals surface area contributed by atoms with Crippen molar-refractivity contribution in [3.63, 3.8) is 0 Å². The summed E-state index contributed by atoms with van der Waals surface area (Å²) in [7, 11) is 0. The summed E-state index contributed by atoms with van der Waals surface area (Å²) in [6.45, 7) is 14.8. The third-order valence-electron chi connectivity index (χ3n) is 21.5. The fourth-order valence-electron chi connectivity index (χ4n) is 16.4. The molecule has 9 aliphatic rings. The minimum atomic E-state index is -1.88. The zero-order chi connectivity index (χ0) is 55.6. The molecule has 436 valence electrons. The summed E-state index contributed by atoms with van der Waals surface area (Å²) in [5.41, 5.74) is -1.88. The van der Waals surface area contributed by atoms with E-state index < -0.39 is 164 Å². The SMILES string of the molecule is C[C@@H]1O[C@@H](OC2CCC3(C)C(CCC4(C)C3CC=C3C5CC(C)(C)CCC5(C(=O)O[C@@H]5O[C@H](CO)[C@@H](O)[C@H](O)[C@H]5O[C@@H]5O[C@H](CO)[C@@H](O)[C@H](O)[C@H]5O)CCC34C)C2(C)CO)[C@H](O[C@@H]2O[C@@H](C)[C@@H](O)[C@@H](O)[C@H]2O)[C@H](O)[C@H]1O. The van der Waals surface area contributed by atoms with Crippen LogP contribution in [0.4, 0.5) is 0 Å². The molecule has 4 saturated heterocycles. The van der Waals surface area contributed by atoms with Gasteiger partial charge in [0.05, 0.1) is 43.5 Å². The number of allylic oxidation sites excluding steroid dienone is 2. The average molecular weight is 1090 g/mol. The predicted molar refractivity (Wildman–Crippen MR) is 261 cm³/mol. The number of ether oxygens (including phenoxy) is 8. The number of esters is 1. The van der Waals surface area contributed by atoms with Crippen LogP contribution < -0.4 is 0 Å². The zero-order valence-corrected chi connectivity index (χ0v) is 45.1. The van der Waals surface area contributed by atoms with E-state index in [1.165, 1.54) is 12.5 Å². The fourth-order valence-corrected chi connectivity index (χ4v) is 16.4. The van der Waals surface area contributed by atoms with Gasteiger partial charge in [0.15, 0.2) is 25.0 Å². The highest BCUT2D eigenvalue weighted by Crippen LogP contribution is 2.76. The van der Waals surface area contributed by atoms with Crippen LogP contribution >= 0.6 is 0 Å². The monoisotopic (exact) mass is 1090 g/mol. The molecule has 4 heterocycles. The molecule has 9 rings (SSSR count). The largest absolute Gasteiger partial charge is 0.432 e. The van der Waals surface area contributed by atoms with Crippen LogP contribution in [0.3, 0.4) is 0 Å². The molecule has 76 heavy (non-hydrogen) atoms. The Morgan fingerprint density at radius 3 is 1.71 bits per heavy atom. The Balaban J connectivity index is 0.974. The number of carbonyl (C=O) groups excluding carboxylic acids is 1. The van der Waals surface area contributed by atoms with Crippen molar-refractivity contribution >= 4 is 5.97 Å². The predicted octanol–water partition coefficient (Wildman–Crippen LogP) is -1.01. The molecule has 5 aliphatic carbocycles. The lowest BCUT2D eigenvalue weighted by Crippen LogP contribution is -2.67. The number of rotatable bonds is 11. The molecule has 0 bridgehead atoms. The summed E-state index contributed by atoms with van der Waals surface area (Å²) in [5.74, 6) is -0.826. The molecule has 0 radical (unpaired) electrons. The van der Waals surface area contributed by atoms with E-state index in [0.717, 1.165) is 12.8 Å². The summed E-state index contributed by atoms with van der Waals surface area (Å²) in [6.07, 6.45) is -22.6. The molecule has 0 aromatic carbocycles. The van der Waals surface area contributed by atoms with Gasteiger partial charge >= 0.3 is 5.97 Å². The molecule has 13 N–H and O–H groups in total. The van der Waals surface area contributed by atoms with E-state index in [0.29, 0.717) is 51.4 Å². The van der Waals surface area contributed by atoms with Crippen LogP contribution in [0.2, 0.25) is 0 Å². The first-order chi connectivity index (χ1) is 35.6. The molecule has 0 aromatic rings. The molecule has 8 fully saturated rings. The highest BCUT2D eigenvalue weighted by atomic mass is 16.8. The highest BCUT2D eigenvalue weighted by Gasteiger charge is 2.71. The lowest BCUT2D eigenvalue weighted by atomic mass is 9.33. The van der Waals surface area contributed by atoms with Crippen LogP contribution in [0.5, 0.6) is 0 Å². The first kappa shape index (κ1) is 59.0. The van der Waals surface area contributed by atoms with Crippen molar-refractivity contribution in [2.45, 2.75) is 249 Å². The van der Waals surface area contributed by atoms with Crippen molar-refractivity contribution in [2.75, 3.05) is 19.8 Å². The molecule has 22 heteroatoms. The van der Waals surface area contributed by atoms with Crippen molar-refractivity contribution in [3.05, 3.63) is 11.6 Å². The molecular formula is C54H88O22.